The Hall–Kier alpha value is -1.84. The average molecular weight is 260 g/mol. The van der Waals surface area contributed by atoms with Gasteiger partial charge in [0.1, 0.15) is 6.04 Å². The van der Waals surface area contributed by atoms with Gasteiger partial charge in [-0.3, -0.25) is 9.59 Å². The van der Waals surface area contributed by atoms with Crippen LogP contribution in [0.25, 0.3) is 0 Å². The molecule has 19 heavy (non-hydrogen) atoms. The Labute approximate surface area is 113 Å². The first kappa shape index (κ1) is 13.6. The van der Waals surface area contributed by atoms with E-state index in [-0.39, 0.29) is 17.9 Å². The summed E-state index contributed by atoms with van der Waals surface area (Å²) in [6.07, 6.45) is 1.04. The fraction of sp³-hybridized carbons (Fsp3) is 0.467. The van der Waals surface area contributed by atoms with E-state index >= 15 is 0 Å². The fourth-order valence-corrected chi connectivity index (χ4v) is 2.14. The average Bonchev–Trinajstić information content (AvgIpc) is 2.83. The van der Waals surface area contributed by atoms with Gasteiger partial charge in [-0.15, -0.1) is 0 Å². The summed E-state index contributed by atoms with van der Waals surface area (Å²) >= 11 is 0. The smallest absolute Gasteiger partial charge is 0.242 e. The number of benzene rings is 1. The van der Waals surface area contributed by atoms with Crippen LogP contribution < -0.4 is 10.6 Å². The molecule has 1 fully saturated rings. The molecule has 0 radical (unpaired) electrons. The molecule has 1 atom stereocenters. The van der Waals surface area contributed by atoms with Crippen LogP contribution in [0.2, 0.25) is 0 Å². The van der Waals surface area contributed by atoms with Crippen LogP contribution in [0.4, 0.5) is 0 Å². The van der Waals surface area contributed by atoms with Gasteiger partial charge < -0.3 is 10.6 Å². The van der Waals surface area contributed by atoms with Gasteiger partial charge in [-0.2, -0.15) is 0 Å². The van der Waals surface area contributed by atoms with Crippen LogP contribution in [0.1, 0.15) is 43.7 Å². The van der Waals surface area contributed by atoms with E-state index in [0.29, 0.717) is 25.3 Å². The van der Waals surface area contributed by atoms with Crippen molar-refractivity contribution in [3.8, 4) is 0 Å². The number of hydrogen-bond donors (Lipinski definition) is 2. The summed E-state index contributed by atoms with van der Waals surface area (Å²) in [6, 6.07) is 7.88. The molecule has 0 bridgehead atoms. The predicted molar refractivity (Wildman–Crippen MR) is 73.5 cm³/mol. The first-order valence-corrected chi connectivity index (χ1v) is 6.72. The molecule has 0 saturated carbocycles. The zero-order valence-corrected chi connectivity index (χ0v) is 11.4. The molecule has 102 valence electrons. The van der Waals surface area contributed by atoms with Crippen LogP contribution in [0, 0.1) is 0 Å². The van der Waals surface area contributed by atoms with Crippen molar-refractivity contribution in [3.05, 3.63) is 35.4 Å². The van der Waals surface area contributed by atoms with Crippen molar-refractivity contribution in [2.45, 2.75) is 45.2 Å². The highest BCUT2D eigenvalue weighted by molar-refractivity contribution is 5.90. The van der Waals surface area contributed by atoms with Gasteiger partial charge in [-0.05, 0) is 23.5 Å². The second kappa shape index (κ2) is 5.87. The molecule has 1 aromatic carbocycles. The van der Waals surface area contributed by atoms with Crippen LogP contribution in [-0.2, 0) is 16.1 Å². The summed E-state index contributed by atoms with van der Waals surface area (Å²) in [5.41, 5.74) is 2.36. The summed E-state index contributed by atoms with van der Waals surface area (Å²) in [4.78, 5) is 22.9. The number of carbonyl (C=O) groups is 2. The molecule has 1 unspecified atom stereocenters. The lowest BCUT2D eigenvalue weighted by molar-refractivity contribution is -0.125. The topological polar surface area (TPSA) is 58.2 Å². The number of rotatable bonds is 4. The Balaban J connectivity index is 1.85. The first-order chi connectivity index (χ1) is 9.06. The first-order valence-electron chi connectivity index (χ1n) is 6.72. The SMILES string of the molecule is CC(C)c1ccc(CNC(=O)C2CCC(=O)N2)cc1. The summed E-state index contributed by atoms with van der Waals surface area (Å²) in [5.74, 6) is 0.373. The molecule has 4 nitrogen and oxygen atoms in total. The minimum Gasteiger partial charge on any atom is -0.350 e. The Bertz CT molecular complexity index is 466. The van der Waals surface area contributed by atoms with Crippen molar-refractivity contribution in [2.24, 2.45) is 0 Å². The molecule has 1 saturated heterocycles. The third-order valence-electron chi connectivity index (χ3n) is 3.42. The third-order valence-corrected chi connectivity index (χ3v) is 3.42. The van der Waals surface area contributed by atoms with Gasteiger partial charge in [-0.25, -0.2) is 0 Å². The second-order valence-electron chi connectivity index (χ2n) is 5.27. The highest BCUT2D eigenvalue weighted by Crippen LogP contribution is 2.14. The van der Waals surface area contributed by atoms with Gasteiger partial charge in [-0.1, -0.05) is 38.1 Å². The minimum absolute atomic E-state index is 0.0403. The summed E-state index contributed by atoms with van der Waals surface area (Å²) in [7, 11) is 0. The Morgan fingerprint density at radius 1 is 1.37 bits per heavy atom. The van der Waals surface area contributed by atoms with Crippen molar-refractivity contribution in [1.29, 1.82) is 0 Å². The van der Waals surface area contributed by atoms with E-state index in [1.807, 2.05) is 12.1 Å². The summed E-state index contributed by atoms with van der Waals surface area (Å²) in [5, 5.41) is 5.52. The Morgan fingerprint density at radius 3 is 2.58 bits per heavy atom. The van der Waals surface area contributed by atoms with E-state index < -0.39 is 0 Å². The van der Waals surface area contributed by atoms with Crippen molar-refractivity contribution >= 4 is 11.8 Å². The lowest BCUT2D eigenvalue weighted by Crippen LogP contribution is -2.41. The molecule has 0 aliphatic carbocycles. The van der Waals surface area contributed by atoms with E-state index in [1.165, 1.54) is 5.56 Å². The lowest BCUT2D eigenvalue weighted by atomic mass is 10.0. The molecule has 2 N–H and O–H groups in total. The second-order valence-corrected chi connectivity index (χ2v) is 5.27. The molecule has 2 amide bonds. The maximum absolute atomic E-state index is 11.8. The van der Waals surface area contributed by atoms with Crippen molar-refractivity contribution in [1.82, 2.24) is 10.6 Å². The molecule has 2 rings (SSSR count). The highest BCUT2D eigenvalue weighted by Gasteiger charge is 2.26. The Morgan fingerprint density at radius 2 is 2.05 bits per heavy atom. The lowest BCUT2D eigenvalue weighted by Gasteiger charge is -2.11. The van der Waals surface area contributed by atoms with E-state index in [0.717, 1.165) is 5.56 Å². The minimum atomic E-state index is -0.359. The molecule has 4 heteroatoms. The maximum Gasteiger partial charge on any atom is 0.242 e. The van der Waals surface area contributed by atoms with Gasteiger partial charge in [0.15, 0.2) is 0 Å². The summed E-state index contributed by atoms with van der Waals surface area (Å²) in [6.45, 7) is 4.81. The number of hydrogen-bond acceptors (Lipinski definition) is 2. The number of amides is 2. The zero-order valence-electron chi connectivity index (χ0n) is 11.4. The largest absolute Gasteiger partial charge is 0.350 e. The monoisotopic (exact) mass is 260 g/mol. The standard InChI is InChI=1S/C15H20N2O2/c1-10(2)12-5-3-11(4-6-12)9-16-15(19)13-7-8-14(18)17-13/h3-6,10,13H,7-9H2,1-2H3,(H,16,19)(H,17,18). The van der Waals surface area contributed by atoms with Gasteiger partial charge in [0.25, 0.3) is 0 Å². The molecule has 0 spiro atoms. The van der Waals surface area contributed by atoms with Gasteiger partial charge in [0.05, 0.1) is 0 Å². The number of nitrogens with one attached hydrogen (secondary N) is 2. The van der Waals surface area contributed by atoms with Crippen LogP contribution in [0.15, 0.2) is 24.3 Å². The molecule has 1 heterocycles. The maximum atomic E-state index is 11.8. The van der Waals surface area contributed by atoms with Crippen LogP contribution in [0.5, 0.6) is 0 Å². The van der Waals surface area contributed by atoms with Crippen molar-refractivity contribution < 1.29 is 9.59 Å². The molecule has 1 aliphatic heterocycles. The van der Waals surface area contributed by atoms with E-state index in [1.54, 1.807) is 0 Å². The van der Waals surface area contributed by atoms with Crippen LogP contribution in [-0.4, -0.2) is 17.9 Å². The van der Waals surface area contributed by atoms with Gasteiger partial charge in [0, 0.05) is 13.0 Å². The van der Waals surface area contributed by atoms with Crippen LogP contribution in [0.3, 0.4) is 0 Å². The Kier molecular flexibility index (Phi) is 4.20. The normalized spacial score (nSPS) is 18.5. The zero-order chi connectivity index (χ0) is 13.8. The van der Waals surface area contributed by atoms with E-state index in [9.17, 15) is 9.59 Å². The molecule has 1 aliphatic rings. The fourth-order valence-electron chi connectivity index (χ4n) is 2.14. The van der Waals surface area contributed by atoms with Crippen molar-refractivity contribution in [2.75, 3.05) is 0 Å². The molecule has 1 aromatic rings. The van der Waals surface area contributed by atoms with E-state index in [2.05, 4.69) is 36.6 Å². The molecular weight excluding hydrogens is 240 g/mol. The highest BCUT2D eigenvalue weighted by atomic mass is 16.2. The molecular formula is C15H20N2O2. The number of carbonyl (C=O) groups excluding carboxylic acids is 2. The third kappa shape index (κ3) is 3.56. The van der Waals surface area contributed by atoms with Gasteiger partial charge in [0.2, 0.25) is 11.8 Å². The predicted octanol–water partition coefficient (Wildman–Crippen LogP) is 1.70. The van der Waals surface area contributed by atoms with Gasteiger partial charge >= 0.3 is 0 Å². The van der Waals surface area contributed by atoms with Crippen LogP contribution >= 0.6 is 0 Å². The van der Waals surface area contributed by atoms with E-state index in [4.69, 9.17) is 0 Å². The van der Waals surface area contributed by atoms with Crippen molar-refractivity contribution in [3.63, 3.8) is 0 Å². The molecule has 0 aromatic heterocycles. The quantitative estimate of drug-likeness (QED) is 0.865. The summed E-state index contributed by atoms with van der Waals surface area (Å²) < 4.78 is 0.